The molecule has 2 saturated heterocycles. The van der Waals surface area contributed by atoms with Crippen LogP contribution >= 0.6 is 7.67 Å². The van der Waals surface area contributed by atoms with Crippen molar-refractivity contribution in [3.63, 3.8) is 0 Å². The van der Waals surface area contributed by atoms with Crippen molar-refractivity contribution in [2.75, 3.05) is 26.3 Å². The predicted molar refractivity (Wildman–Crippen MR) is 131 cm³/mol. The van der Waals surface area contributed by atoms with Crippen LogP contribution in [0.15, 0.2) is 78.9 Å². The Kier molecular flexibility index (Phi) is 5.11. The lowest BCUT2D eigenvalue weighted by Crippen LogP contribution is -2.35. The lowest BCUT2D eigenvalue weighted by molar-refractivity contribution is 0.161. The minimum atomic E-state index is -4.22. The number of nitrogens with zero attached hydrogens (tertiary/aromatic N) is 2. The number of hydrogen-bond acceptors (Lipinski definition) is 6. The van der Waals surface area contributed by atoms with Crippen molar-refractivity contribution in [1.29, 1.82) is 0 Å². The van der Waals surface area contributed by atoms with E-state index < -0.39 is 19.9 Å². The van der Waals surface area contributed by atoms with Crippen molar-refractivity contribution in [3.05, 3.63) is 78.9 Å². The summed E-state index contributed by atoms with van der Waals surface area (Å²) in [5, 5.41) is 3.89. The molecule has 2 amide bonds. The van der Waals surface area contributed by atoms with Gasteiger partial charge in [-0.25, -0.2) is 23.5 Å². The maximum absolute atomic E-state index is 14.4. The van der Waals surface area contributed by atoms with Gasteiger partial charge in [-0.05, 0) is 33.2 Å². The zero-order valence-electron chi connectivity index (χ0n) is 18.6. The Labute approximate surface area is 201 Å². The number of fused-ring (bicyclic) bond motifs is 2. The quantitative estimate of drug-likeness (QED) is 0.318. The Hall–Kier alpha value is -4.03. The number of rotatable bonds is 5. The smallest absolute Gasteiger partial charge is 0.447 e. The summed E-state index contributed by atoms with van der Waals surface area (Å²) in [5.41, 5.74) is 1.61. The molecule has 4 aromatic rings. The third kappa shape index (κ3) is 3.49. The minimum Gasteiger partial charge on any atom is -0.447 e. The molecule has 2 heterocycles. The number of carbonyl (C=O) groups is 2. The fraction of sp³-hybridized carbons (Fsp3) is 0.154. The molecule has 2 aliphatic rings. The van der Waals surface area contributed by atoms with Gasteiger partial charge in [0.25, 0.3) is 0 Å². The molecule has 176 valence electrons. The molecule has 0 spiro atoms. The molecule has 0 saturated carbocycles. The van der Waals surface area contributed by atoms with Gasteiger partial charge in [0.15, 0.2) is 0 Å². The highest BCUT2D eigenvalue weighted by molar-refractivity contribution is 7.55. The summed E-state index contributed by atoms with van der Waals surface area (Å²) < 4.78 is 32.8. The Morgan fingerprint density at radius 1 is 0.686 bits per heavy atom. The summed E-state index contributed by atoms with van der Waals surface area (Å²) in [4.78, 5) is 25.0. The van der Waals surface area contributed by atoms with Gasteiger partial charge in [-0.3, -0.25) is 0 Å². The van der Waals surface area contributed by atoms with Crippen LogP contribution in [0.3, 0.4) is 0 Å². The topological polar surface area (TPSA) is 85.4 Å². The Morgan fingerprint density at radius 3 is 1.89 bits per heavy atom. The van der Waals surface area contributed by atoms with Gasteiger partial charge < -0.3 is 14.0 Å². The zero-order chi connectivity index (χ0) is 24.0. The summed E-state index contributed by atoms with van der Waals surface area (Å²) in [6.07, 6.45) is -1.58. The van der Waals surface area contributed by atoms with Crippen LogP contribution in [0.4, 0.5) is 9.59 Å². The molecule has 35 heavy (non-hydrogen) atoms. The van der Waals surface area contributed by atoms with E-state index in [1.807, 2.05) is 72.8 Å². The Morgan fingerprint density at radius 2 is 1.26 bits per heavy atom. The van der Waals surface area contributed by atoms with E-state index in [2.05, 4.69) is 0 Å². The first-order valence-corrected chi connectivity index (χ1v) is 12.8. The first-order chi connectivity index (χ1) is 17.1. The van der Waals surface area contributed by atoms with Crippen molar-refractivity contribution >= 4 is 41.4 Å². The van der Waals surface area contributed by atoms with Gasteiger partial charge in [0, 0.05) is 5.56 Å². The average Bonchev–Trinajstić information content (AvgIpc) is 3.52. The first kappa shape index (κ1) is 21.5. The van der Waals surface area contributed by atoms with Gasteiger partial charge in [-0.2, -0.15) is 0 Å². The van der Waals surface area contributed by atoms with Crippen LogP contribution in [-0.2, 0) is 14.0 Å². The van der Waals surface area contributed by atoms with Crippen molar-refractivity contribution in [2.24, 2.45) is 0 Å². The number of amides is 2. The molecule has 2 fully saturated rings. The number of hydrogen-bond donors (Lipinski definition) is 0. The summed E-state index contributed by atoms with van der Waals surface area (Å²) in [7, 11) is -4.22. The van der Waals surface area contributed by atoms with Crippen LogP contribution in [0.1, 0.15) is 0 Å². The van der Waals surface area contributed by atoms with Gasteiger partial charge >= 0.3 is 19.9 Å². The van der Waals surface area contributed by atoms with Crippen molar-refractivity contribution < 1.29 is 28.2 Å². The average molecular weight is 488 g/mol. The fourth-order valence-corrected chi connectivity index (χ4v) is 6.70. The van der Waals surface area contributed by atoms with Crippen LogP contribution in [0.25, 0.3) is 32.7 Å². The summed E-state index contributed by atoms with van der Waals surface area (Å²) in [6.45, 7) is 0.195. The highest BCUT2D eigenvalue weighted by atomic mass is 31.2. The zero-order valence-corrected chi connectivity index (χ0v) is 19.5. The van der Waals surface area contributed by atoms with E-state index >= 15 is 0 Å². The van der Waals surface area contributed by atoms with Crippen LogP contribution < -0.4 is 4.52 Å². The number of benzene rings is 4. The van der Waals surface area contributed by atoms with Crippen LogP contribution in [0.2, 0.25) is 0 Å². The summed E-state index contributed by atoms with van der Waals surface area (Å²) in [5.74, 6) is 0.294. The second-order valence-electron chi connectivity index (χ2n) is 8.24. The van der Waals surface area contributed by atoms with E-state index in [1.165, 1.54) is 0 Å². The van der Waals surface area contributed by atoms with E-state index in [0.29, 0.717) is 5.75 Å². The molecule has 2 aliphatic heterocycles. The normalized spacial score (nSPS) is 16.1. The molecule has 6 rings (SSSR count). The number of carbonyl (C=O) groups excluding carboxylic acids is 2. The Balaban J connectivity index is 1.59. The third-order valence-corrected chi connectivity index (χ3v) is 8.64. The monoisotopic (exact) mass is 488 g/mol. The second-order valence-corrected chi connectivity index (χ2v) is 10.4. The highest BCUT2D eigenvalue weighted by Gasteiger charge is 2.51. The van der Waals surface area contributed by atoms with E-state index in [9.17, 15) is 14.2 Å². The SMILES string of the molecule is O=C1OCCN1P(=O)(Oc1ccc2ccccc2c1-c1cccc2ccccc12)N1CCOC1=O. The lowest BCUT2D eigenvalue weighted by Gasteiger charge is -2.31. The van der Waals surface area contributed by atoms with Gasteiger partial charge in [-0.1, -0.05) is 72.8 Å². The van der Waals surface area contributed by atoms with E-state index in [4.69, 9.17) is 14.0 Å². The third-order valence-electron chi connectivity index (χ3n) is 6.26. The molecule has 0 unspecified atom stereocenters. The van der Waals surface area contributed by atoms with Crippen molar-refractivity contribution in [1.82, 2.24) is 9.34 Å². The maximum atomic E-state index is 14.4. The molecule has 4 aromatic carbocycles. The molecule has 9 heteroatoms. The number of cyclic esters (lactones) is 2. The molecular weight excluding hydrogens is 467 g/mol. The molecule has 0 bridgehead atoms. The maximum Gasteiger partial charge on any atom is 0.459 e. The van der Waals surface area contributed by atoms with Gasteiger partial charge in [0.05, 0.1) is 13.1 Å². The molecule has 0 N–H and O–H groups in total. The summed E-state index contributed by atoms with van der Waals surface area (Å²) >= 11 is 0. The van der Waals surface area contributed by atoms with Gasteiger partial charge in [-0.15, -0.1) is 0 Å². The standard InChI is InChI=1S/C26H21N2O6P/c29-25-27(14-16-32-25)35(31,28-15-17-33-26(28)30)34-23-13-12-19-7-2-4-10-21(19)24(23)22-11-5-8-18-6-1-3-9-20(18)22/h1-13H,14-17H2. The predicted octanol–water partition coefficient (Wildman–Crippen LogP) is 6.05. The van der Waals surface area contributed by atoms with Crippen molar-refractivity contribution in [3.8, 4) is 16.9 Å². The molecular formula is C26H21N2O6P. The first-order valence-electron chi connectivity index (χ1n) is 11.3. The Bertz CT molecular complexity index is 1500. The minimum absolute atomic E-state index is 0.0388. The highest BCUT2D eigenvalue weighted by Crippen LogP contribution is 2.58. The summed E-state index contributed by atoms with van der Waals surface area (Å²) in [6, 6.07) is 25.4. The van der Waals surface area contributed by atoms with Crippen LogP contribution in [-0.4, -0.2) is 47.8 Å². The molecule has 8 nitrogen and oxygen atoms in total. The largest absolute Gasteiger partial charge is 0.459 e. The van der Waals surface area contributed by atoms with Crippen molar-refractivity contribution in [2.45, 2.75) is 0 Å². The van der Waals surface area contributed by atoms with Gasteiger partial charge in [0.1, 0.15) is 19.0 Å². The van der Waals surface area contributed by atoms with Gasteiger partial charge in [0.2, 0.25) is 0 Å². The molecule has 0 aromatic heterocycles. The van der Waals surface area contributed by atoms with Crippen LogP contribution in [0.5, 0.6) is 5.75 Å². The molecule has 0 aliphatic carbocycles. The lowest BCUT2D eigenvalue weighted by atomic mass is 9.93. The van der Waals surface area contributed by atoms with E-state index in [-0.39, 0.29) is 26.3 Å². The number of ether oxygens (including phenoxy) is 2. The molecule has 0 atom stereocenters. The van der Waals surface area contributed by atoms with E-state index in [1.54, 1.807) is 6.07 Å². The van der Waals surface area contributed by atoms with E-state index in [0.717, 1.165) is 42.0 Å². The second kappa shape index (κ2) is 8.32. The fourth-order valence-electron chi connectivity index (χ4n) is 4.64. The molecule has 0 radical (unpaired) electrons. The van der Waals surface area contributed by atoms with Crippen LogP contribution in [0, 0.1) is 0 Å².